The Morgan fingerprint density at radius 1 is 1.24 bits per heavy atom. The molecule has 1 aromatic carbocycles. The number of pyridine rings is 1. The van der Waals surface area contributed by atoms with Crippen molar-refractivity contribution in [1.82, 2.24) is 14.8 Å². The van der Waals surface area contributed by atoms with E-state index < -0.39 is 0 Å². The molecule has 2 aromatic heterocycles. The number of fused-ring (bicyclic) bond motifs is 1. The van der Waals surface area contributed by atoms with E-state index in [1.165, 1.54) is 0 Å². The second-order valence-corrected chi connectivity index (χ2v) is 3.98. The lowest BCUT2D eigenvalue weighted by atomic mass is 10.1. The maximum absolute atomic E-state index is 11.7. The molecule has 3 aromatic rings. The van der Waals surface area contributed by atoms with E-state index in [4.69, 9.17) is 0 Å². The van der Waals surface area contributed by atoms with Gasteiger partial charge in [-0.2, -0.15) is 5.10 Å². The van der Waals surface area contributed by atoms with Crippen molar-refractivity contribution >= 4 is 10.8 Å². The number of nitrogens with zero attached hydrogens (tertiary/aromatic N) is 2. The molecule has 0 saturated heterocycles. The summed E-state index contributed by atoms with van der Waals surface area (Å²) in [6, 6.07) is 9.54. The van der Waals surface area contributed by atoms with Gasteiger partial charge in [0.2, 0.25) is 0 Å². The fourth-order valence-corrected chi connectivity index (χ4v) is 1.87. The van der Waals surface area contributed by atoms with Crippen LogP contribution in [0.5, 0.6) is 0 Å². The Labute approximate surface area is 97.5 Å². The maximum atomic E-state index is 11.7. The molecule has 4 heteroatoms. The molecule has 0 aliphatic carbocycles. The van der Waals surface area contributed by atoms with Gasteiger partial charge in [-0.3, -0.25) is 4.79 Å². The normalized spacial score (nSPS) is 10.9. The molecule has 0 atom stereocenters. The number of benzene rings is 1. The van der Waals surface area contributed by atoms with E-state index in [0.717, 1.165) is 16.8 Å². The monoisotopic (exact) mass is 225 g/mol. The van der Waals surface area contributed by atoms with Gasteiger partial charge in [0.15, 0.2) is 0 Å². The average Bonchev–Trinajstić information content (AvgIpc) is 2.76. The highest BCUT2D eigenvalue weighted by Crippen LogP contribution is 2.14. The summed E-state index contributed by atoms with van der Waals surface area (Å²) in [5, 5.41) is 5.93. The summed E-state index contributed by atoms with van der Waals surface area (Å²) >= 11 is 0. The Balaban J connectivity index is 2.26. The minimum absolute atomic E-state index is 0.0757. The molecule has 2 heterocycles. The van der Waals surface area contributed by atoms with Gasteiger partial charge in [0.05, 0.1) is 11.4 Å². The van der Waals surface area contributed by atoms with Crippen LogP contribution in [-0.2, 0) is 0 Å². The number of hydrogen-bond acceptors (Lipinski definition) is 2. The van der Waals surface area contributed by atoms with Gasteiger partial charge in [0.25, 0.3) is 5.56 Å². The van der Waals surface area contributed by atoms with Crippen LogP contribution in [0.2, 0.25) is 0 Å². The molecule has 0 fully saturated rings. The number of nitrogens with one attached hydrogen (secondary N) is 1. The zero-order chi connectivity index (χ0) is 11.8. The number of aromatic nitrogens is 3. The number of rotatable bonds is 1. The highest BCUT2D eigenvalue weighted by atomic mass is 16.1. The lowest BCUT2D eigenvalue weighted by Gasteiger charge is -2.02. The van der Waals surface area contributed by atoms with Crippen LogP contribution in [0.1, 0.15) is 5.69 Å². The molecule has 0 amide bonds. The van der Waals surface area contributed by atoms with E-state index in [2.05, 4.69) is 10.1 Å². The second-order valence-electron chi connectivity index (χ2n) is 3.98. The smallest absolute Gasteiger partial charge is 0.255 e. The molecule has 0 bridgehead atoms. The maximum Gasteiger partial charge on any atom is 0.255 e. The molecule has 4 nitrogen and oxygen atoms in total. The highest BCUT2D eigenvalue weighted by Gasteiger charge is 2.02. The third kappa shape index (κ3) is 1.63. The van der Waals surface area contributed by atoms with Gasteiger partial charge in [-0.25, -0.2) is 4.68 Å². The fraction of sp³-hybridized carbons (Fsp3) is 0.0769. The van der Waals surface area contributed by atoms with Crippen LogP contribution in [0, 0.1) is 6.92 Å². The molecule has 0 aliphatic heterocycles. The predicted octanol–water partition coefficient (Wildman–Crippen LogP) is 2.02. The summed E-state index contributed by atoms with van der Waals surface area (Å²) < 4.78 is 1.77. The first-order chi connectivity index (χ1) is 8.24. The van der Waals surface area contributed by atoms with Crippen molar-refractivity contribution in [2.24, 2.45) is 0 Å². The fourth-order valence-electron chi connectivity index (χ4n) is 1.87. The third-order valence-corrected chi connectivity index (χ3v) is 2.75. The molecular weight excluding hydrogens is 214 g/mol. The largest absolute Gasteiger partial charge is 0.329 e. The molecule has 0 unspecified atom stereocenters. The van der Waals surface area contributed by atoms with Crippen LogP contribution < -0.4 is 5.56 Å². The van der Waals surface area contributed by atoms with Crippen molar-refractivity contribution in [1.29, 1.82) is 0 Å². The zero-order valence-electron chi connectivity index (χ0n) is 9.34. The first-order valence-corrected chi connectivity index (χ1v) is 5.38. The van der Waals surface area contributed by atoms with Crippen LogP contribution in [0.25, 0.3) is 16.5 Å². The predicted molar refractivity (Wildman–Crippen MR) is 66.4 cm³/mol. The minimum atomic E-state index is -0.0757. The Kier molecular flexibility index (Phi) is 2.08. The topological polar surface area (TPSA) is 50.7 Å². The summed E-state index contributed by atoms with van der Waals surface area (Å²) in [6.07, 6.45) is 3.54. The van der Waals surface area contributed by atoms with E-state index in [9.17, 15) is 4.79 Å². The van der Waals surface area contributed by atoms with Gasteiger partial charge in [0, 0.05) is 17.8 Å². The summed E-state index contributed by atoms with van der Waals surface area (Å²) in [4.78, 5) is 14.4. The first-order valence-electron chi connectivity index (χ1n) is 5.38. The third-order valence-electron chi connectivity index (χ3n) is 2.75. The van der Waals surface area contributed by atoms with Gasteiger partial charge in [0.1, 0.15) is 0 Å². The van der Waals surface area contributed by atoms with Gasteiger partial charge >= 0.3 is 0 Å². The zero-order valence-corrected chi connectivity index (χ0v) is 9.34. The first kappa shape index (κ1) is 9.84. The van der Waals surface area contributed by atoms with E-state index in [-0.39, 0.29) is 5.56 Å². The van der Waals surface area contributed by atoms with Gasteiger partial charge in [-0.05, 0) is 36.6 Å². The second kappa shape index (κ2) is 3.59. The number of aryl methyl sites for hydroxylation is 1. The highest BCUT2D eigenvalue weighted by molar-refractivity contribution is 5.83. The Hall–Kier alpha value is -2.36. The van der Waals surface area contributed by atoms with E-state index >= 15 is 0 Å². The van der Waals surface area contributed by atoms with E-state index in [1.54, 1.807) is 10.9 Å². The summed E-state index contributed by atoms with van der Waals surface area (Å²) in [5.41, 5.74) is 1.77. The van der Waals surface area contributed by atoms with Crippen molar-refractivity contribution in [2.45, 2.75) is 6.92 Å². The van der Waals surface area contributed by atoms with E-state index in [1.807, 2.05) is 43.5 Å². The summed E-state index contributed by atoms with van der Waals surface area (Å²) in [5.74, 6) is 0. The molecule has 17 heavy (non-hydrogen) atoms. The van der Waals surface area contributed by atoms with Gasteiger partial charge in [-0.15, -0.1) is 0 Å². The van der Waals surface area contributed by atoms with Crippen LogP contribution in [0.15, 0.2) is 47.5 Å². The number of H-pyrrole nitrogens is 1. The Morgan fingerprint density at radius 3 is 2.88 bits per heavy atom. The van der Waals surface area contributed by atoms with Crippen molar-refractivity contribution in [3.05, 3.63) is 58.8 Å². The average molecular weight is 225 g/mol. The molecule has 0 radical (unpaired) electrons. The van der Waals surface area contributed by atoms with Crippen LogP contribution in [0.4, 0.5) is 0 Å². The molecule has 0 saturated carbocycles. The van der Waals surface area contributed by atoms with Crippen LogP contribution in [0.3, 0.4) is 0 Å². The van der Waals surface area contributed by atoms with Crippen molar-refractivity contribution in [3.8, 4) is 5.69 Å². The standard InChI is InChI=1S/C13H11N3O/c1-9-5-7-16(15-9)11-3-2-10-4-6-14-13(17)12(10)8-11/h2-8H,1H3,(H,14,17). The van der Waals surface area contributed by atoms with Crippen LogP contribution in [-0.4, -0.2) is 14.8 Å². The van der Waals surface area contributed by atoms with Gasteiger partial charge in [-0.1, -0.05) is 6.07 Å². The van der Waals surface area contributed by atoms with Crippen molar-refractivity contribution < 1.29 is 0 Å². The Morgan fingerprint density at radius 2 is 2.12 bits per heavy atom. The molecule has 0 spiro atoms. The van der Waals surface area contributed by atoms with Gasteiger partial charge < -0.3 is 4.98 Å². The quantitative estimate of drug-likeness (QED) is 0.688. The lowest BCUT2D eigenvalue weighted by Crippen LogP contribution is -2.05. The lowest BCUT2D eigenvalue weighted by molar-refractivity contribution is 0.864. The molecule has 84 valence electrons. The molecule has 0 aliphatic rings. The Bertz CT molecular complexity index is 740. The number of hydrogen-bond donors (Lipinski definition) is 1. The number of aromatic amines is 1. The summed E-state index contributed by atoms with van der Waals surface area (Å²) in [6.45, 7) is 1.93. The molecule has 3 rings (SSSR count). The minimum Gasteiger partial charge on any atom is -0.329 e. The van der Waals surface area contributed by atoms with E-state index in [0.29, 0.717) is 5.39 Å². The SMILES string of the molecule is Cc1ccn(-c2ccc3cc[nH]c(=O)c3c2)n1. The van der Waals surface area contributed by atoms with Crippen molar-refractivity contribution in [2.75, 3.05) is 0 Å². The molecule has 1 N–H and O–H groups in total. The van der Waals surface area contributed by atoms with Crippen molar-refractivity contribution in [3.63, 3.8) is 0 Å². The van der Waals surface area contributed by atoms with Crippen LogP contribution >= 0.6 is 0 Å². The molecular formula is C13H11N3O. The summed E-state index contributed by atoms with van der Waals surface area (Å²) in [7, 11) is 0.